The Labute approximate surface area is 159 Å². The summed E-state index contributed by atoms with van der Waals surface area (Å²) in [7, 11) is 0. The van der Waals surface area contributed by atoms with Crippen molar-refractivity contribution >= 4 is 45.0 Å². The first-order valence-electron chi connectivity index (χ1n) is 8.23. The predicted octanol–water partition coefficient (Wildman–Crippen LogP) is 5.92. The van der Waals surface area contributed by atoms with E-state index >= 15 is 0 Å². The lowest BCUT2D eigenvalue weighted by atomic mass is 10.2. The number of rotatable bonds is 5. The summed E-state index contributed by atoms with van der Waals surface area (Å²) >= 11 is 3.15. The molecule has 4 nitrogen and oxygen atoms in total. The highest BCUT2D eigenvalue weighted by Gasteiger charge is 2.18. The number of carbonyl (C=O) groups excluding carboxylic acids is 1. The molecule has 0 unspecified atom stereocenters. The number of aromatic nitrogens is 1. The molecule has 130 valence electrons. The summed E-state index contributed by atoms with van der Waals surface area (Å²) in [6.45, 7) is 2.08. The van der Waals surface area contributed by atoms with Gasteiger partial charge in [-0.2, -0.15) is 0 Å². The maximum Gasteiger partial charge on any atom is 0.292 e. The maximum atomic E-state index is 12.7. The number of thiazole rings is 1. The normalized spacial score (nSPS) is 11.0. The first-order chi connectivity index (χ1) is 12.7. The number of fused-ring (bicyclic) bond motifs is 1. The number of para-hydroxylation sites is 1. The molecule has 4 aromatic rings. The van der Waals surface area contributed by atoms with Gasteiger partial charge in [-0.1, -0.05) is 78.6 Å². The number of anilines is 1. The molecule has 6 heteroatoms. The monoisotopic (exact) mass is 380 g/mol. The van der Waals surface area contributed by atoms with Gasteiger partial charge in [-0.15, -0.1) is 0 Å². The molecule has 0 spiro atoms. The van der Waals surface area contributed by atoms with Crippen molar-refractivity contribution in [3.05, 3.63) is 66.4 Å². The van der Waals surface area contributed by atoms with Gasteiger partial charge in [-0.3, -0.25) is 4.79 Å². The van der Waals surface area contributed by atoms with Crippen LogP contribution in [0.3, 0.4) is 0 Å². The first kappa shape index (κ1) is 16.9. The second-order valence-corrected chi connectivity index (χ2v) is 8.07. The van der Waals surface area contributed by atoms with E-state index in [4.69, 9.17) is 9.40 Å². The molecule has 1 amide bonds. The average Bonchev–Trinajstić information content (AvgIpc) is 3.27. The summed E-state index contributed by atoms with van der Waals surface area (Å²) in [6, 6.07) is 19.2. The molecule has 1 N–H and O–H groups in total. The van der Waals surface area contributed by atoms with Crippen LogP contribution in [0.1, 0.15) is 17.5 Å². The third-order valence-corrected chi connectivity index (χ3v) is 5.79. The summed E-state index contributed by atoms with van der Waals surface area (Å²) < 4.78 is 6.61. The third-order valence-electron chi connectivity index (χ3n) is 3.80. The first-order valence-corrected chi connectivity index (χ1v) is 10.0. The number of hydrogen-bond donors (Lipinski definition) is 1. The van der Waals surface area contributed by atoms with Crippen molar-refractivity contribution in [2.45, 2.75) is 11.3 Å². The van der Waals surface area contributed by atoms with Gasteiger partial charge in [-0.05, 0) is 17.9 Å². The Morgan fingerprint density at radius 2 is 1.92 bits per heavy atom. The van der Waals surface area contributed by atoms with E-state index in [2.05, 4.69) is 12.2 Å². The minimum Gasteiger partial charge on any atom is -0.451 e. The second-order valence-electron chi connectivity index (χ2n) is 5.56. The number of nitrogens with one attached hydrogen (secondary N) is 1. The Kier molecular flexibility index (Phi) is 4.77. The molecule has 0 saturated carbocycles. The van der Waals surface area contributed by atoms with Crippen molar-refractivity contribution in [2.24, 2.45) is 0 Å². The van der Waals surface area contributed by atoms with E-state index in [0.29, 0.717) is 11.3 Å². The summed E-state index contributed by atoms with van der Waals surface area (Å²) in [6.07, 6.45) is 0. The van der Waals surface area contributed by atoms with Crippen LogP contribution in [0.25, 0.3) is 22.2 Å². The van der Waals surface area contributed by atoms with E-state index in [1.807, 2.05) is 54.6 Å². The number of amides is 1. The average molecular weight is 380 g/mol. The van der Waals surface area contributed by atoms with Gasteiger partial charge in [0, 0.05) is 10.9 Å². The third kappa shape index (κ3) is 3.38. The summed E-state index contributed by atoms with van der Waals surface area (Å²) in [5.74, 6) is 0.956. The zero-order valence-corrected chi connectivity index (χ0v) is 15.7. The van der Waals surface area contributed by atoms with Crippen molar-refractivity contribution < 1.29 is 9.21 Å². The Bertz CT molecular complexity index is 1020. The van der Waals surface area contributed by atoms with E-state index in [1.165, 1.54) is 11.3 Å². The van der Waals surface area contributed by atoms with E-state index in [1.54, 1.807) is 17.8 Å². The van der Waals surface area contributed by atoms with Crippen LogP contribution in [0.4, 0.5) is 5.00 Å². The van der Waals surface area contributed by atoms with Gasteiger partial charge in [0.05, 0.1) is 0 Å². The number of benzene rings is 2. The number of furan rings is 1. The fraction of sp³-hybridized carbons (Fsp3) is 0.100. The lowest BCUT2D eigenvalue weighted by molar-refractivity contribution is 0.0999. The molecule has 0 aliphatic rings. The summed E-state index contributed by atoms with van der Waals surface area (Å²) in [5.41, 5.74) is 2.47. The highest BCUT2D eigenvalue weighted by Crippen LogP contribution is 2.37. The quantitative estimate of drug-likeness (QED) is 0.437. The van der Waals surface area contributed by atoms with Crippen molar-refractivity contribution in [1.29, 1.82) is 0 Å². The fourth-order valence-corrected chi connectivity index (χ4v) is 4.58. The molecule has 0 radical (unpaired) electrons. The highest BCUT2D eigenvalue weighted by atomic mass is 32.2. The SMILES string of the molecule is CCSc1nc(-c2ccccc2)c(NC(=O)c2cc3ccccc3o2)s1. The van der Waals surface area contributed by atoms with Crippen LogP contribution in [0, 0.1) is 0 Å². The van der Waals surface area contributed by atoms with Gasteiger partial charge in [0.2, 0.25) is 0 Å². The van der Waals surface area contributed by atoms with Crippen molar-refractivity contribution in [3.8, 4) is 11.3 Å². The molecule has 0 atom stereocenters. The van der Waals surface area contributed by atoms with E-state index in [0.717, 1.165) is 31.7 Å². The Morgan fingerprint density at radius 3 is 2.69 bits per heavy atom. The largest absolute Gasteiger partial charge is 0.451 e. The molecule has 2 heterocycles. The zero-order valence-electron chi connectivity index (χ0n) is 14.1. The van der Waals surface area contributed by atoms with Crippen molar-refractivity contribution in [2.75, 3.05) is 11.1 Å². The molecule has 0 bridgehead atoms. The standard InChI is InChI=1S/C20H16N2O2S2/c1-2-25-20-21-17(13-8-4-3-5-9-13)19(26-20)22-18(23)16-12-14-10-6-7-11-15(14)24-16/h3-12H,2H2,1H3,(H,22,23). The Balaban J connectivity index is 1.67. The van der Waals surface area contributed by atoms with Gasteiger partial charge in [0.1, 0.15) is 16.3 Å². The van der Waals surface area contributed by atoms with E-state index in [9.17, 15) is 4.79 Å². The number of carbonyl (C=O) groups is 1. The predicted molar refractivity (Wildman–Crippen MR) is 108 cm³/mol. The molecule has 0 aliphatic heterocycles. The van der Waals surface area contributed by atoms with Gasteiger partial charge in [0.25, 0.3) is 5.91 Å². The lowest BCUT2D eigenvalue weighted by Crippen LogP contribution is -2.10. The van der Waals surface area contributed by atoms with E-state index < -0.39 is 0 Å². The van der Waals surface area contributed by atoms with Gasteiger partial charge < -0.3 is 9.73 Å². The summed E-state index contributed by atoms with van der Waals surface area (Å²) in [4.78, 5) is 17.4. The zero-order chi connectivity index (χ0) is 17.9. The molecule has 0 saturated heterocycles. The van der Waals surface area contributed by atoms with Crippen molar-refractivity contribution in [1.82, 2.24) is 4.98 Å². The summed E-state index contributed by atoms with van der Waals surface area (Å²) in [5, 5.41) is 4.62. The minimum absolute atomic E-state index is 0.268. The molecule has 2 aromatic heterocycles. The second kappa shape index (κ2) is 7.35. The number of nitrogens with zero attached hydrogens (tertiary/aromatic N) is 1. The van der Waals surface area contributed by atoms with Crippen LogP contribution in [0.2, 0.25) is 0 Å². The fourth-order valence-electron chi connectivity index (χ4n) is 2.62. The lowest BCUT2D eigenvalue weighted by Gasteiger charge is -2.03. The van der Waals surface area contributed by atoms with Crippen LogP contribution >= 0.6 is 23.1 Å². The molecule has 26 heavy (non-hydrogen) atoms. The number of thioether (sulfide) groups is 1. The number of hydrogen-bond acceptors (Lipinski definition) is 5. The van der Waals surface area contributed by atoms with Gasteiger partial charge >= 0.3 is 0 Å². The van der Waals surface area contributed by atoms with Crippen LogP contribution < -0.4 is 5.32 Å². The van der Waals surface area contributed by atoms with Gasteiger partial charge in [-0.25, -0.2) is 4.98 Å². The maximum absolute atomic E-state index is 12.7. The molecule has 0 aliphatic carbocycles. The Morgan fingerprint density at radius 1 is 1.15 bits per heavy atom. The van der Waals surface area contributed by atoms with E-state index in [-0.39, 0.29) is 5.91 Å². The molecule has 2 aromatic carbocycles. The molecule has 0 fully saturated rings. The van der Waals surface area contributed by atoms with Crippen LogP contribution in [0.15, 0.2) is 69.4 Å². The molecular formula is C20H16N2O2S2. The highest BCUT2D eigenvalue weighted by molar-refractivity contribution is 8.01. The minimum atomic E-state index is -0.268. The molecular weight excluding hydrogens is 364 g/mol. The van der Waals surface area contributed by atoms with Crippen molar-refractivity contribution in [3.63, 3.8) is 0 Å². The van der Waals surface area contributed by atoms with Crippen LogP contribution in [-0.4, -0.2) is 16.6 Å². The topological polar surface area (TPSA) is 55.1 Å². The smallest absolute Gasteiger partial charge is 0.292 e. The van der Waals surface area contributed by atoms with Gasteiger partial charge in [0.15, 0.2) is 10.1 Å². The van der Waals surface area contributed by atoms with Crippen LogP contribution in [-0.2, 0) is 0 Å². The molecule has 4 rings (SSSR count). The Hall–Kier alpha value is -2.57. The van der Waals surface area contributed by atoms with Crippen LogP contribution in [0.5, 0.6) is 0 Å².